The molecule has 1 aromatic carbocycles. The lowest BCUT2D eigenvalue weighted by atomic mass is 10.1. The van der Waals surface area contributed by atoms with Gasteiger partial charge in [-0.25, -0.2) is 8.42 Å². The molecule has 6 heteroatoms. The van der Waals surface area contributed by atoms with Crippen molar-refractivity contribution in [3.8, 4) is 0 Å². The van der Waals surface area contributed by atoms with Crippen LogP contribution < -0.4 is 5.32 Å². The van der Waals surface area contributed by atoms with Gasteiger partial charge in [-0.2, -0.15) is 4.31 Å². The van der Waals surface area contributed by atoms with E-state index in [-0.39, 0.29) is 12.5 Å². The van der Waals surface area contributed by atoms with Crippen molar-refractivity contribution in [1.82, 2.24) is 9.62 Å². The van der Waals surface area contributed by atoms with Crippen LogP contribution in [0.4, 0.5) is 0 Å². The lowest BCUT2D eigenvalue weighted by molar-refractivity contribution is -0.121. The molecular weight excluding hydrogens is 300 g/mol. The second-order valence-electron chi connectivity index (χ2n) is 5.39. The smallest absolute Gasteiger partial charge is 0.235 e. The highest BCUT2D eigenvalue weighted by Gasteiger charge is 2.19. The van der Waals surface area contributed by atoms with Gasteiger partial charge in [0.05, 0.1) is 12.8 Å². The predicted octanol–water partition coefficient (Wildman–Crippen LogP) is 1.80. The summed E-state index contributed by atoms with van der Waals surface area (Å²) in [6.07, 6.45) is 4.80. The minimum absolute atomic E-state index is 0.113. The molecule has 0 saturated carbocycles. The van der Waals surface area contributed by atoms with Crippen molar-refractivity contribution in [2.24, 2.45) is 0 Å². The van der Waals surface area contributed by atoms with Gasteiger partial charge in [-0.1, -0.05) is 50.1 Å². The second-order valence-corrected chi connectivity index (χ2v) is 7.37. The van der Waals surface area contributed by atoms with Gasteiger partial charge in [-0.3, -0.25) is 4.79 Å². The standard InChI is InChI=1S/C16H26N2O3S/c1-3-4-8-12-17-16(19)14-18(22(2,20)21)13-11-15-9-6-5-7-10-15/h5-7,9-10H,3-4,8,11-14H2,1-2H3,(H,17,19). The number of unbranched alkanes of at least 4 members (excludes halogenated alkanes) is 2. The van der Waals surface area contributed by atoms with E-state index in [1.54, 1.807) is 0 Å². The van der Waals surface area contributed by atoms with Crippen LogP contribution in [-0.2, 0) is 21.2 Å². The summed E-state index contributed by atoms with van der Waals surface area (Å²) >= 11 is 0. The van der Waals surface area contributed by atoms with Gasteiger partial charge in [0.15, 0.2) is 0 Å². The van der Waals surface area contributed by atoms with E-state index >= 15 is 0 Å². The van der Waals surface area contributed by atoms with Crippen molar-refractivity contribution >= 4 is 15.9 Å². The molecule has 0 spiro atoms. The van der Waals surface area contributed by atoms with Gasteiger partial charge in [0.2, 0.25) is 15.9 Å². The normalized spacial score (nSPS) is 11.6. The molecule has 1 aromatic rings. The van der Waals surface area contributed by atoms with E-state index < -0.39 is 10.0 Å². The van der Waals surface area contributed by atoms with Crippen LogP contribution in [0.25, 0.3) is 0 Å². The Morgan fingerprint density at radius 3 is 2.45 bits per heavy atom. The van der Waals surface area contributed by atoms with E-state index in [2.05, 4.69) is 12.2 Å². The number of carbonyl (C=O) groups is 1. The fourth-order valence-electron chi connectivity index (χ4n) is 2.08. The number of hydrogen-bond donors (Lipinski definition) is 1. The quantitative estimate of drug-likeness (QED) is 0.667. The summed E-state index contributed by atoms with van der Waals surface area (Å²) in [5.41, 5.74) is 1.06. The van der Waals surface area contributed by atoms with Crippen LogP contribution in [0.1, 0.15) is 31.7 Å². The molecule has 0 bridgehead atoms. The number of sulfonamides is 1. The molecule has 0 aliphatic rings. The summed E-state index contributed by atoms with van der Waals surface area (Å²) in [5, 5.41) is 2.77. The maximum Gasteiger partial charge on any atom is 0.235 e. The molecule has 0 radical (unpaired) electrons. The third kappa shape index (κ3) is 7.56. The Balaban J connectivity index is 2.49. The molecule has 1 N–H and O–H groups in total. The molecule has 0 aliphatic heterocycles. The SMILES string of the molecule is CCCCCNC(=O)CN(CCc1ccccc1)S(C)(=O)=O. The molecule has 0 saturated heterocycles. The van der Waals surface area contributed by atoms with Gasteiger partial charge in [-0.15, -0.1) is 0 Å². The Hall–Kier alpha value is -1.40. The van der Waals surface area contributed by atoms with Gasteiger partial charge in [-0.05, 0) is 18.4 Å². The molecule has 1 amide bonds. The van der Waals surface area contributed by atoms with E-state index in [9.17, 15) is 13.2 Å². The highest BCUT2D eigenvalue weighted by atomic mass is 32.2. The van der Waals surface area contributed by atoms with Crippen LogP contribution in [0, 0.1) is 0 Å². The van der Waals surface area contributed by atoms with Gasteiger partial charge < -0.3 is 5.32 Å². The molecule has 22 heavy (non-hydrogen) atoms. The van der Waals surface area contributed by atoms with Crippen LogP contribution in [0.15, 0.2) is 30.3 Å². The largest absolute Gasteiger partial charge is 0.355 e. The topological polar surface area (TPSA) is 66.5 Å². The minimum Gasteiger partial charge on any atom is -0.355 e. The van der Waals surface area contributed by atoms with E-state index in [0.29, 0.717) is 19.5 Å². The zero-order chi connectivity index (χ0) is 16.4. The molecule has 0 atom stereocenters. The van der Waals surface area contributed by atoms with Gasteiger partial charge in [0.25, 0.3) is 0 Å². The maximum atomic E-state index is 11.9. The van der Waals surface area contributed by atoms with Crippen LogP contribution >= 0.6 is 0 Å². The zero-order valence-electron chi connectivity index (χ0n) is 13.4. The first-order chi connectivity index (χ1) is 10.4. The Bertz CT molecular complexity index is 544. The van der Waals surface area contributed by atoms with Gasteiger partial charge in [0.1, 0.15) is 0 Å². The Labute approximate surface area is 133 Å². The Kier molecular flexibility index (Phi) is 8.12. The average molecular weight is 326 g/mol. The third-order valence-electron chi connectivity index (χ3n) is 3.38. The predicted molar refractivity (Wildman–Crippen MR) is 89.1 cm³/mol. The fourth-order valence-corrected chi connectivity index (χ4v) is 2.85. The van der Waals surface area contributed by atoms with Crippen molar-refractivity contribution in [1.29, 1.82) is 0 Å². The summed E-state index contributed by atoms with van der Waals surface area (Å²) < 4.78 is 24.9. The van der Waals surface area contributed by atoms with E-state index in [0.717, 1.165) is 31.1 Å². The monoisotopic (exact) mass is 326 g/mol. The maximum absolute atomic E-state index is 11.9. The van der Waals surface area contributed by atoms with Gasteiger partial charge in [0, 0.05) is 13.1 Å². The van der Waals surface area contributed by atoms with Crippen LogP contribution in [0.3, 0.4) is 0 Å². The summed E-state index contributed by atoms with van der Waals surface area (Å²) in [7, 11) is -3.39. The summed E-state index contributed by atoms with van der Waals surface area (Å²) in [6.45, 7) is 2.89. The summed E-state index contributed by atoms with van der Waals surface area (Å²) in [4.78, 5) is 11.9. The number of nitrogens with one attached hydrogen (secondary N) is 1. The first kappa shape index (κ1) is 18.6. The second kappa shape index (κ2) is 9.58. The number of hydrogen-bond acceptors (Lipinski definition) is 3. The lowest BCUT2D eigenvalue weighted by Crippen LogP contribution is -2.41. The van der Waals surface area contributed by atoms with Crippen molar-refractivity contribution in [2.45, 2.75) is 32.6 Å². The van der Waals surface area contributed by atoms with Crippen LogP contribution in [0.2, 0.25) is 0 Å². The Morgan fingerprint density at radius 1 is 1.18 bits per heavy atom. The number of amides is 1. The molecule has 0 aliphatic carbocycles. The van der Waals surface area contributed by atoms with Crippen LogP contribution in [-0.4, -0.2) is 44.5 Å². The zero-order valence-corrected chi connectivity index (χ0v) is 14.2. The first-order valence-electron chi connectivity index (χ1n) is 7.69. The van der Waals surface area contributed by atoms with Crippen molar-refractivity contribution in [2.75, 3.05) is 25.9 Å². The fraction of sp³-hybridized carbons (Fsp3) is 0.562. The molecule has 1 rings (SSSR count). The highest BCUT2D eigenvalue weighted by Crippen LogP contribution is 2.04. The summed E-state index contributed by atoms with van der Waals surface area (Å²) in [6, 6.07) is 9.65. The Morgan fingerprint density at radius 2 is 1.86 bits per heavy atom. The van der Waals surface area contributed by atoms with E-state index in [1.165, 1.54) is 4.31 Å². The van der Waals surface area contributed by atoms with Gasteiger partial charge >= 0.3 is 0 Å². The average Bonchev–Trinajstić information content (AvgIpc) is 2.48. The number of benzene rings is 1. The molecule has 0 aromatic heterocycles. The molecule has 0 heterocycles. The first-order valence-corrected chi connectivity index (χ1v) is 9.54. The van der Waals surface area contributed by atoms with Crippen molar-refractivity contribution < 1.29 is 13.2 Å². The van der Waals surface area contributed by atoms with E-state index in [1.807, 2.05) is 30.3 Å². The molecule has 0 fully saturated rings. The van der Waals surface area contributed by atoms with Crippen molar-refractivity contribution in [3.05, 3.63) is 35.9 Å². The molecule has 124 valence electrons. The number of carbonyl (C=O) groups excluding carboxylic acids is 1. The number of rotatable bonds is 10. The lowest BCUT2D eigenvalue weighted by Gasteiger charge is -2.19. The highest BCUT2D eigenvalue weighted by molar-refractivity contribution is 7.88. The molecule has 5 nitrogen and oxygen atoms in total. The third-order valence-corrected chi connectivity index (χ3v) is 4.63. The molecular formula is C16H26N2O3S. The van der Waals surface area contributed by atoms with Crippen LogP contribution in [0.5, 0.6) is 0 Å². The summed E-state index contributed by atoms with van der Waals surface area (Å²) in [5.74, 6) is -0.241. The minimum atomic E-state index is -3.39. The van der Waals surface area contributed by atoms with Crippen molar-refractivity contribution in [3.63, 3.8) is 0 Å². The molecule has 0 unspecified atom stereocenters. The van der Waals surface area contributed by atoms with E-state index in [4.69, 9.17) is 0 Å². The number of nitrogens with zero attached hydrogens (tertiary/aromatic N) is 1.